The molecule has 0 atom stereocenters. The summed E-state index contributed by atoms with van der Waals surface area (Å²) >= 11 is 0. The highest BCUT2D eigenvalue weighted by Crippen LogP contribution is 2.27. The minimum atomic E-state index is -0.537. The van der Waals surface area contributed by atoms with Gasteiger partial charge in [-0.15, -0.1) is 0 Å². The first-order chi connectivity index (χ1) is 15.4. The average Bonchev–Trinajstić information content (AvgIpc) is 3.17. The van der Waals surface area contributed by atoms with Crippen molar-refractivity contribution in [3.63, 3.8) is 0 Å². The molecule has 0 saturated carbocycles. The van der Waals surface area contributed by atoms with Crippen LogP contribution in [-0.4, -0.2) is 26.7 Å². The minimum Gasteiger partial charge on any atom is -0.497 e. The number of hydrogen-bond donors (Lipinski definition) is 1. The number of ether oxygens (including phenoxy) is 1. The number of carbonyl (C=O) groups excluding carboxylic acids is 1. The highest BCUT2D eigenvalue weighted by molar-refractivity contribution is 5.93. The number of hydrogen-bond acceptors (Lipinski definition) is 4. The molecule has 0 bridgehead atoms. The molecule has 8 nitrogen and oxygen atoms in total. The zero-order valence-corrected chi connectivity index (χ0v) is 18.2. The van der Waals surface area contributed by atoms with Gasteiger partial charge in [0.1, 0.15) is 17.8 Å². The van der Waals surface area contributed by atoms with Crippen LogP contribution in [0.2, 0.25) is 0 Å². The van der Waals surface area contributed by atoms with Crippen LogP contribution in [0.25, 0.3) is 22.2 Å². The molecular formula is C24H24N4O4. The Morgan fingerprint density at radius 3 is 2.31 bits per heavy atom. The molecule has 2 heterocycles. The van der Waals surface area contributed by atoms with Crippen LogP contribution < -0.4 is 21.3 Å². The Balaban J connectivity index is 1.72. The number of rotatable bonds is 6. The summed E-state index contributed by atoms with van der Waals surface area (Å²) < 4.78 is 9.24. The molecule has 0 aliphatic heterocycles. The number of aryl methyl sites for hydroxylation is 1. The van der Waals surface area contributed by atoms with Crippen molar-refractivity contribution < 1.29 is 9.53 Å². The van der Waals surface area contributed by atoms with Crippen LogP contribution in [0.4, 0.5) is 0 Å². The third-order valence-electron chi connectivity index (χ3n) is 5.49. The smallest absolute Gasteiger partial charge is 0.331 e. The standard InChI is InChI=1S/C24H24N4O4/c1-26-14-19(17-7-5-4-6-8-17)21-22(26)23(30)27(2)24(31)28(21)15-20(29)25-13-16-9-11-18(32-3)12-10-16/h4-12,14H,13,15H2,1-3H3,(H,25,29). The van der Waals surface area contributed by atoms with E-state index in [-0.39, 0.29) is 12.5 Å². The Morgan fingerprint density at radius 2 is 1.66 bits per heavy atom. The number of benzene rings is 2. The van der Waals surface area contributed by atoms with Crippen molar-refractivity contribution in [2.24, 2.45) is 14.1 Å². The normalized spacial score (nSPS) is 11.0. The van der Waals surface area contributed by atoms with E-state index in [4.69, 9.17) is 4.74 Å². The van der Waals surface area contributed by atoms with Gasteiger partial charge in [0.25, 0.3) is 5.56 Å². The van der Waals surface area contributed by atoms with Crippen molar-refractivity contribution in [3.8, 4) is 16.9 Å². The lowest BCUT2D eigenvalue weighted by molar-refractivity contribution is -0.121. The molecule has 0 aliphatic carbocycles. The Bertz CT molecular complexity index is 1400. The predicted octanol–water partition coefficient (Wildman–Crippen LogP) is 2.03. The van der Waals surface area contributed by atoms with Crippen molar-refractivity contribution in [2.45, 2.75) is 13.1 Å². The Hall–Kier alpha value is -4.07. The fraction of sp³-hybridized carbons (Fsp3) is 0.208. The van der Waals surface area contributed by atoms with Crippen molar-refractivity contribution in [1.29, 1.82) is 0 Å². The summed E-state index contributed by atoms with van der Waals surface area (Å²) in [6.07, 6.45) is 1.81. The number of nitrogens with one attached hydrogen (secondary N) is 1. The number of amides is 1. The molecule has 0 fully saturated rings. The molecule has 0 aliphatic rings. The van der Waals surface area contributed by atoms with E-state index in [0.717, 1.165) is 27.0 Å². The number of nitrogens with zero attached hydrogens (tertiary/aromatic N) is 3. The zero-order valence-electron chi connectivity index (χ0n) is 18.2. The third kappa shape index (κ3) is 3.82. The highest BCUT2D eigenvalue weighted by atomic mass is 16.5. The van der Waals surface area contributed by atoms with Crippen molar-refractivity contribution in [2.75, 3.05) is 7.11 Å². The van der Waals surface area contributed by atoms with Crippen LogP contribution in [0.3, 0.4) is 0 Å². The van der Waals surface area contributed by atoms with Crippen LogP contribution in [-0.2, 0) is 32.0 Å². The molecule has 0 spiro atoms. The summed E-state index contributed by atoms with van der Waals surface area (Å²) in [4.78, 5) is 38.6. The van der Waals surface area contributed by atoms with E-state index in [2.05, 4.69) is 5.32 Å². The van der Waals surface area contributed by atoms with Gasteiger partial charge in [0.15, 0.2) is 0 Å². The summed E-state index contributed by atoms with van der Waals surface area (Å²) in [6.45, 7) is 0.107. The molecule has 32 heavy (non-hydrogen) atoms. The largest absolute Gasteiger partial charge is 0.497 e. The van der Waals surface area contributed by atoms with E-state index < -0.39 is 11.2 Å². The fourth-order valence-corrected chi connectivity index (χ4v) is 3.78. The van der Waals surface area contributed by atoms with E-state index in [1.165, 1.54) is 11.6 Å². The average molecular weight is 432 g/mol. The lowest BCUT2D eigenvalue weighted by atomic mass is 10.1. The van der Waals surface area contributed by atoms with Crippen molar-refractivity contribution in [3.05, 3.63) is 87.2 Å². The van der Waals surface area contributed by atoms with Gasteiger partial charge in [-0.3, -0.25) is 18.7 Å². The maximum Gasteiger partial charge on any atom is 0.331 e. The first-order valence-electron chi connectivity index (χ1n) is 10.1. The molecule has 0 saturated heterocycles. The Morgan fingerprint density at radius 1 is 0.969 bits per heavy atom. The molecule has 8 heteroatoms. The van der Waals surface area contributed by atoms with Gasteiger partial charge >= 0.3 is 5.69 Å². The summed E-state index contributed by atoms with van der Waals surface area (Å²) in [7, 11) is 4.77. The summed E-state index contributed by atoms with van der Waals surface area (Å²) in [5, 5.41) is 2.84. The lowest BCUT2D eigenvalue weighted by Crippen LogP contribution is -2.41. The fourth-order valence-electron chi connectivity index (χ4n) is 3.78. The number of aromatic nitrogens is 3. The molecule has 4 aromatic rings. The SMILES string of the molecule is COc1ccc(CNC(=O)Cn2c(=O)n(C)c(=O)c3c2c(-c2ccccc2)cn3C)cc1. The van der Waals surface area contributed by atoms with Gasteiger partial charge in [-0.05, 0) is 23.3 Å². The van der Waals surface area contributed by atoms with Gasteiger partial charge < -0.3 is 14.6 Å². The van der Waals surface area contributed by atoms with Gasteiger partial charge in [-0.25, -0.2) is 4.79 Å². The van der Waals surface area contributed by atoms with E-state index in [1.54, 1.807) is 18.7 Å². The molecule has 2 aromatic carbocycles. The molecule has 1 amide bonds. The Labute approximate surface area is 184 Å². The second-order valence-electron chi connectivity index (χ2n) is 7.57. The molecule has 0 unspecified atom stereocenters. The summed E-state index contributed by atoms with van der Waals surface area (Å²) in [5.41, 5.74) is 2.37. The first-order valence-corrected chi connectivity index (χ1v) is 10.1. The number of fused-ring (bicyclic) bond motifs is 1. The van der Waals surface area contributed by atoms with E-state index in [0.29, 0.717) is 17.6 Å². The van der Waals surface area contributed by atoms with E-state index in [9.17, 15) is 14.4 Å². The maximum atomic E-state index is 13.0. The van der Waals surface area contributed by atoms with E-state index >= 15 is 0 Å². The van der Waals surface area contributed by atoms with Crippen LogP contribution >= 0.6 is 0 Å². The predicted molar refractivity (Wildman–Crippen MR) is 123 cm³/mol. The number of carbonyl (C=O) groups is 1. The van der Waals surface area contributed by atoms with Crippen LogP contribution in [0, 0.1) is 0 Å². The molecular weight excluding hydrogens is 408 g/mol. The Kier molecular flexibility index (Phi) is 5.68. The second-order valence-corrected chi connectivity index (χ2v) is 7.57. The van der Waals surface area contributed by atoms with Gasteiger partial charge in [-0.1, -0.05) is 42.5 Å². The molecule has 164 valence electrons. The minimum absolute atomic E-state index is 0.205. The maximum absolute atomic E-state index is 13.0. The second kappa shape index (κ2) is 8.58. The molecule has 1 N–H and O–H groups in total. The van der Waals surface area contributed by atoms with Gasteiger partial charge in [0, 0.05) is 32.4 Å². The van der Waals surface area contributed by atoms with Crippen molar-refractivity contribution in [1.82, 2.24) is 19.0 Å². The lowest BCUT2D eigenvalue weighted by Gasteiger charge is -2.12. The number of methoxy groups -OCH3 is 1. The van der Waals surface area contributed by atoms with Gasteiger partial charge in [0.2, 0.25) is 5.91 Å². The monoisotopic (exact) mass is 432 g/mol. The van der Waals surface area contributed by atoms with Crippen LogP contribution in [0.1, 0.15) is 5.56 Å². The first kappa shape index (κ1) is 21.2. The molecule has 4 rings (SSSR count). The van der Waals surface area contributed by atoms with Crippen molar-refractivity contribution >= 4 is 16.9 Å². The molecule has 0 radical (unpaired) electrons. The zero-order chi connectivity index (χ0) is 22.8. The van der Waals surface area contributed by atoms with Crippen LogP contribution in [0.15, 0.2) is 70.4 Å². The molecule has 2 aromatic heterocycles. The topological polar surface area (TPSA) is 87.3 Å². The summed E-state index contributed by atoms with van der Waals surface area (Å²) in [6, 6.07) is 16.8. The van der Waals surface area contributed by atoms with E-state index in [1.807, 2.05) is 60.8 Å². The van der Waals surface area contributed by atoms with Gasteiger partial charge in [-0.2, -0.15) is 0 Å². The highest BCUT2D eigenvalue weighted by Gasteiger charge is 2.20. The van der Waals surface area contributed by atoms with Gasteiger partial charge in [0.05, 0.1) is 12.6 Å². The quantitative estimate of drug-likeness (QED) is 0.505. The summed E-state index contributed by atoms with van der Waals surface area (Å²) in [5.74, 6) is 0.405. The third-order valence-corrected chi connectivity index (χ3v) is 5.49. The van der Waals surface area contributed by atoms with Crippen LogP contribution in [0.5, 0.6) is 5.75 Å².